The Morgan fingerprint density at radius 1 is 0.949 bits per heavy atom. The third-order valence-corrected chi connectivity index (χ3v) is 7.00. The van der Waals surface area contributed by atoms with Gasteiger partial charge < -0.3 is 20.3 Å². The zero-order valence-corrected chi connectivity index (χ0v) is 22.5. The molecular weight excluding hydrogens is 492 g/mol. The lowest BCUT2D eigenvalue weighted by Gasteiger charge is -2.31. The Bertz CT molecular complexity index is 1420. The number of amides is 4. The molecule has 0 spiro atoms. The fourth-order valence-electron chi connectivity index (χ4n) is 4.78. The van der Waals surface area contributed by atoms with Crippen LogP contribution in [0.3, 0.4) is 0 Å². The molecule has 4 amide bonds. The molecule has 8 heteroatoms. The molecule has 1 atom stereocenters. The number of hydrogen-bond acceptors (Lipinski definition) is 4. The second-order valence-electron chi connectivity index (χ2n) is 10.8. The monoisotopic (exact) mass is 524 g/mol. The topological polar surface area (TPSA) is 91.0 Å². The molecule has 200 valence electrons. The average molecular weight is 525 g/mol. The van der Waals surface area contributed by atoms with Crippen LogP contribution in [0.5, 0.6) is 11.5 Å². The van der Waals surface area contributed by atoms with E-state index in [1.165, 1.54) is 9.80 Å². The van der Waals surface area contributed by atoms with Crippen LogP contribution in [0.1, 0.15) is 37.9 Å². The van der Waals surface area contributed by atoms with E-state index in [1.54, 1.807) is 31.3 Å². The predicted octanol–water partition coefficient (Wildman–Crippen LogP) is 5.21. The average Bonchev–Trinajstić information content (AvgIpc) is 3.23. The summed E-state index contributed by atoms with van der Waals surface area (Å²) in [7, 11) is 1.64. The molecule has 0 unspecified atom stereocenters. The number of nitrogens with one attached hydrogen (secondary N) is 2. The van der Waals surface area contributed by atoms with Crippen molar-refractivity contribution in [3.63, 3.8) is 0 Å². The summed E-state index contributed by atoms with van der Waals surface area (Å²) in [6.45, 7) is 6.46. The van der Waals surface area contributed by atoms with Crippen molar-refractivity contribution in [2.75, 3.05) is 25.5 Å². The molecule has 0 saturated carbocycles. The molecule has 0 fully saturated rings. The molecule has 2 aliphatic rings. The minimum absolute atomic E-state index is 0.0123. The number of carbonyl (C=O) groups is 3. The van der Waals surface area contributed by atoms with Crippen molar-refractivity contribution in [1.82, 2.24) is 15.1 Å². The highest BCUT2D eigenvalue weighted by molar-refractivity contribution is 6.04. The highest BCUT2D eigenvalue weighted by Crippen LogP contribution is 2.36. The van der Waals surface area contributed by atoms with E-state index in [4.69, 9.17) is 4.74 Å². The van der Waals surface area contributed by atoms with Crippen LogP contribution in [0.4, 0.5) is 10.5 Å². The first-order valence-corrected chi connectivity index (χ1v) is 12.9. The lowest BCUT2D eigenvalue weighted by Crippen LogP contribution is -2.45. The van der Waals surface area contributed by atoms with Gasteiger partial charge in [0, 0.05) is 12.7 Å². The first kappa shape index (κ1) is 26.0. The number of likely N-dealkylation sites (N-methyl/N-ethyl adjacent to an activating group) is 1. The number of para-hydroxylation sites is 1. The fraction of sp³-hybridized carbons (Fsp3) is 0.258. The molecule has 2 N–H and O–H groups in total. The molecule has 0 aromatic heterocycles. The molecule has 8 nitrogen and oxygen atoms in total. The summed E-state index contributed by atoms with van der Waals surface area (Å²) in [6.07, 6.45) is 0. The lowest BCUT2D eigenvalue weighted by molar-refractivity contribution is -0.130. The normalized spacial score (nSPS) is 17.2. The van der Waals surface area contributed by atoms with Gasteiger partial charge in [-0.3, -0.25) is 14.5 Å². The molecule has 3 aromatic rings. The van der Waals surface area contributed by atoms with Crippen molar-refractivity contribution < 1.29 is 19.1 Å². The molecule has 5 rings (SSSR count). The summed E-state index contributed by atoms with van der Waals surface area (Å²) < 4.78 is 5.79. The third-order valence-electron chi connectivity index (χ3n) is 7.00. The molecular formula is C31H32N4O4. The summed E-state index contributed by atoms with van der Waals surface area (Å²) in [4.78, 5) is 42.0. The van der Waals surface area contributed by atoms with E-state index in [0.717, 1.165) is 16.9 Å². The van der Waals surface area contributed by atoms with Gasteiger partial charge >= 0.3 is 6.03 Å². The van der Waals surface area contributed by atoms with Gasteiger partial charge in [0.25, 0.3) is 5.91 Å². The Kier molecular flexibility index (Phi) is 6.87. The quantitative estimate of drug-likeness (QED) is 0.463. The summed E-state index contributed by atoms with van der Waals surface area (Å²) in [5.41, 5.74) is 3.68. The van der Waals surface area contributed by atoms with E-state index in [1.807, 2.05) is 54.6 Å². The minimum atomic E-state index is -0.574. The molecule has 0 aliphatic carbocycles. The van der Waals surface area contributed by atoms with E-state index in [2.05, 4.69) is 31.4 Å². The Morgan fingerprint density at radius 2 is 1.59 bits per heavy atom. The molecule has 0 saturated heterocycles. The second-order valence-corrected chi connectivity index (χ2v) is 10.8. The lowest BCUT2D eigenvalue weighted by atomic mass is 9.85. The Labute approximate surface area is 228 Å². The summed E-state index contributed by atoms with van der Waals surface area (Å²) >= 11 is 0. The van der Waals surface area contributed by atoms with Gasteiger partial charge in [-0.2, -0.15) is 0 Å². The van der Waals surface area contributed by atoms with Crippen LogP contribution in [-0.4, -0.2) is 47.8 Å². The molecule has 0 radical (unpaired) electrons. The van der Waals surface area contributed by atoms with Crippen LogP contribution < -0.4 is 15.4 Å². The number of carbonyl (C=O) groups excluding carboxylic acids is 3. The van der Waals surface area contributed by atoms with Crippen LogP contribution in [-0.2, 0) is 15.0 Å². The smallest absolute Gasteiger partial charge is 0.322 e. The number of anilines is 1. The Hall–Kier alpha value is -4.59. The molecule has 0 bridgehead atoms. The van der Waals surface area contributed by atoms with Gasteiger partial charge in [0.1, 0.15) is 18.0 Å². The molecule has 2 heterocycles. The Morgan fingerprint density at radius 3 is 2.23 bits per heavy atom. The summed E-state index contributed by atoms with van der Waals surface area (Å²) in [5.74, 6) is 0.781. The zero-order chi connectivity index (χ0) is 27.7. The maximum Gasteiger partial charge on any atom is 0.322 e. The van der Waals surface area contributed by atoms with Crippen molar-refractivity contribution in [3.8, 4) is 11.5 Å². The van der Waals surface area contributed by atoms with Crippen LogP contribution >= 0.6 is 0 Å². The van der Waals surface area contributed by atoms with E-state index in [0.29, 0.717) is 22.7 Å². The van der Waals surface area contributed by atoms with E-state index in [9.17, 15) is 14.4 Å². The second kappa shape index (κ2) is 10.3. The van der Waals surface area contributed by atoms with Crippen molar-refractivity contribution >= 4 is 23.5 Å². The van der Waals surface area contributed by atoms with Crippen molar-refractivity contribution in [2.45, 2.75) is 32.2 Å². The standard InChI is InChI=1S/C31H32N4O4/c1-31(2,3)21-12-10-20(11-13-21)28-27-25(34(4)30(38)33-28)18-35(29(27)37)19-26(36)32-22-14-16-24(17-15-22)39-23-8-6-5-7-9-23/h5-17,28H,18-19H2,1-4H3,(H,32,36)(H,33,38)/t28-/m1/s1. The third kappa shape index (κ3) is 5.50. The maximum absolute atomic E-state index is 13.5. The van der Waals surface area contributed by atoms with E-state index < -0.39 is 6.04 Å². The van der Waals surface area contributed by atoms with Gasteiger partial charge in [0.15, 0.2) is 0 Å². The SMILES string of the molecule is CN1C(=O)N[C@H](c2ccc(C(C)(C)C)cc2)C2=C1CN(CC(=O)Nc1ccc(Oc3ccccc3)cc1)C2=O. The van der Waals surface area contributed by atoms with Gasteiger partial charge in [0.2, 0.25) is 5.91 Å². The first-order chi connectivity index (χ1) is 18.6. The highest BCUT2D eigenvalue weighted by Gasteiger charge is 2.43. The van der Waals surface area contributed by atoms with Gasteiger partial charge in [-0.15, -0.1) is 0 Å². The van der Waals surface area contributed by atoms with Crippen molar-refractivity contribution in [1.29, 1.82) is 0 Å². The Balaban J connectivity index is 1.26. The number of hydrogen-bond donors (Lipinski definition) is 2. The number of ether oxygens (including phenoxy) is 1. The van der Waals surface area contributed by atoms with Crippen molar-refractivity contribution in [3.05, 3.63) is 101 Å². The van der Waals surface area contributed by atoms with Gasteiger partial charge in [-0.1, -0.05) is 63.2 Å². The van der Waals surface area contributed by atoms with E-state index in [-0.39, 0.29) is 36.3 Å². The highest BCUT2D eigenvalue weighted by atomic mass is 16.5. The molecule has 3 aromatic carbocycles. The summed E-state index contributed by atoms with van der Waals surface area (Å²) in [5, 5.41) is 5.79. The van der Waals surface area contributed by atoms with E-state index >= 15 is 0 Å². The van der Waals surface area contributed by atoms with Crippen LogP contribution in [0.2, 0.25) is 0 Å². The molecule has 2 aliphatic heterocycles. The van der Waals surface area contributed by atoms with Gasteiger partial charge in [0.05, 0.1) is 23.9 Å². The summed E-state index contributed by atoms with van der Waals surface area (Å²) in [6, 6.07) is 23.6. The van der Waals surface area contributed by atoms with Crippen LogP contribution in [0.25, 0.3) is 0 Å². The predicted molar refractivity (Wildman–Crippen MR) is 149 cm³/mol. The fourth-order valence-corrected chi connectivity index (χ4v) is 4.78. The van der Waals surface area contributed by atoms with Crippen LogP contribution in [0.15, 0.2) is 90.1 Å². The number of urea groups is 1. The van der Waals surface area contributed by atoms with Crippen molar-refractivity contribution in [2.24, 2.45) is 0 Å². The first-order valence-electron chi connectivity index (χ1n) is 12.9. The van der Waals surface area contributed by atoms with Gasteiger partial charge in [-0.05, 0) is 52.9 Å². The molecule has 39 heavy (non-hydrogen) atoms. The minimum Gasteiger partial charge on any atom is -0.457 e. The zero-order valence-electron chi connectivity index (χ0n) is 22.5. The number of benzene rings is 3. The maximum atomic E-state index is 13.5. The van der Waals surface area contributed by atoms with Gasteiger partial charge in [-0.25, -0.2) is 4.79 Å². The van der Waals surface area contributed by atoms with Crippen LogP contribution in [0, 0.1) is 0 Å². The number of rotatable bonds is 6. The largest absolute Gasteiger partial charge is 0.457 e. The number of nitrogens with zero attached hydrogens (tertiary/aromatic N) is 2.